The Morgan fingerprint density at radius 1 is 1.11 bits per heavy atom. The molecule has 0 amide bonds. The van der Waals surface area contributed by atoms with Gasteiger partial charge < -0.3 is 20.6 Å². The molecule has 0 saturated heterocycles. The molecule has 0 spiro atoms. The van der Waals surface area contributed by atoms with Gasteiger partial charge in [-0.15, -0.1) is 0 Å². The molecule has 0 aromatic carbocycles. The Bertz CT molecular complexity index is 269. The second-order valence-corrected chi connectivity index (χ2v) is 3.85. The second kappa shape index (κ2) is 15.0. The van der Waals surface area contributed by atoms with Gasteiger partial charge in [-0.3, -0.25) is 0 Å². The number of hydrogen-bond acceptors (Lipinski definition) is 4. The van der Waals surface area contributed by atoms with Crippen LogP contribution in [-0.4, -0.2) is 41.2 Å². The summed E-state index contributed by atoms with van der Waals surface area (Å²) >= 11 is 0. The Balaban J connectivity index is 0. The van der Waals surface area contributed by atoms with Crippen molar-refractivity contribution in [2.75, 3.05) is 19.8 Å². The highest BCUT2D eigenvalue weighted by Crippen LogP contribution is 2.02. The second-order valence-electron chi connectivity index (χ2n) is 3.85. The van der Waals surface area contributed by atoms with Gasteiger partial charge in [-0.25, -0.2) is 0 Å². The fraction of sp³-hybridized carbons (Fsp3) is 0.600. The minimum absolute atomic E-state index is 0.131. The van der Waals surface area contributed by atoms with Gasteiger partial charge in [0.15, 0.2) is 0 Å². The van der Waals surface area contributed by atoms with Gasteiger partial charge in [-0.05, 0) is 26.1 Å². The molecule has 0 aromatic heterocycles. The van der Waals surface area contributed by atoms with Gasteiger partial charge in [-0.1, -0.05) is 37.6 Å². The van der Waals surface area contributed by atoms with E-state index in [-0.39, 0.29) is 31.8 Å². The minimum Gasteiger partial charge on any atom is -0.396 e. The van der Waals surface area contributed by atoms with Crippen LogP contribution < -0.4 is 5.32 Å². The summed E-state index contributed by atoms with van der Waals surface area (Å²) < 4.78 is 0. The molecule has 0 aliphatic carbocycles. The van der Waals surface area contributed by atoms with Crippen LogP contribution in [0.5, 0.6) is 0 Å². The molecule has 1 unspecified atom stereocenters. The molecule has 4 nitrogen and oxygen atoms in total. The van der Waals surface area contributed by atoms with Gasteiger partial charge in [0, 0.05) is 5.92 Å². The predicted molar refractivity (Wildman–Crippen MR) is 80.7 cm³/mol. The molecule has 0 aliphatic heterocycles. The first-order valence-electron chi connectivity index (χ1n) is 6.74. The third kappa shape index (κ3) is 10.5. The molecule has 1 atom stereocenters. The average Bonchev–Trinajstić information content (AvgIpc) is 2.45. The molecule has 19 heavy (non-hydrogen) atoms. The normalized spacial score (nSPS) is 13.8. The van der Waals surface area contributed by atoms with Crippen LogP contribution in [0.3, 0.4) is 0 Å². The molecule has 0 heterocycles. The Hall–Kier alpha value is -1.10. The van der Waals surface area contributed by atoms with E-state index in [1.165, 1.54) is 0 Å². The van der Waals surface area contributed by atoms with E-state index in [0.717, 1.165) is 5.57 Å². The van der Waals surface area contributed by atoms with E-state index in [4.69, 9.17) is 15.3 Å². The Morgan fingerprint density at radius 3 is 2.11 bits per heavy atom. The summed E-state index contributed by atoms with van der Waals surface area (Å²) in [5.74, 6) is -0.356. The highest BCUT2D eigenvalue weighted by Gasteiger charge is 2.17. The van der Waals surface area contributed by atoms with Gasteiger partial charge in [0.2, 0.25) is 0 Å². The van der Waals surface area contributed by atoms with Crippen LogP contribution in [-0.2, 0) is 0 Å². The number of aliphatic hydroxyl groups is 3. The van der Waals surface area contributed by atoms with Crippen molar-refractivity contribution in [2.24, 2.45) is 5.92 Å². The summed E-state index contributed by atoms with van der Waals surface area (Å²) in [6.45, 7) is 7.49. The minimum atomic E-state index is -0.356. The first-order valence-corrected chi connectivity index (χ1v) is 6.74. The lowest BCUT2D eigenvalue weighted by atomic mass is 10.0. The number of nitrogens with one attached hydrogen (secondary N) is 1. The van der Waals surface area contributed by atoms with Crippen molar-refractivity contribution in [2.45, 2.75) is 33.7 Å². The number of allylic oxidation sites excluding steroid dienone is 5. The predicted octanol–water partition coefficient (Wildman–Crippen LogP) is 1.60. The van der Waals surface area contributed by atoms with Gasteiger partial charge in [0.25, 0.3) is 0 Å². The van der Waals surface area contributed by atoms with Crippen molar-refractivity contribution >= 4 is 0 Å². The highest BCUT2D eigenvalue weighted by molar-refractivity contribution is 5.20. The number of rotatable bonds is 8. The summed E-state index contributed by atoms with van der Waals surface area (Å²) in [5, 5.41) is 30.0. The van der Waals surface area contributed by atoms with E-state index < -0.39 is 0 Å². The van der Waals surface area contributed by atoms with Gasteiger partial charge in [0.05, 0.1) is 25.9 Å². The number of hydrogen-bond donors (Lipinski definition) is 4. The zero-order valence-corrected chi connectivity index (χ0v) is 12.5. The molecule has 0 saturated carbocycles. The first-order chi connectivity index (χ1) is 9.19. The zero-order valence-electron chi connectivity index (χ0n) is 12.5. The Morgan fingerprint density at radius 2 is 1.68 bits per heavy atom. The molecular weight excluding hydrogens is 242 g/mol. The van der Waals surface area contributed by atoms with E-state index in [9.17, 15) is 0 Å². The highest BCUT2D eigenvalue weighted by atomic mass is 16.3. The van der Waals surface area contributed by atoms with E-state index in [0.29, 0.717) is 0 Å². The third-order valence-corrected chi connectivity index (χ3v) is 2.43. The molecule has 4 N–H and O–H groups in total. The van der Waals surface area contributed by atoms with Gasteiger partial charge >= 0.3 is 0 Å². The van der Waals surface area contributed by atoms with Gasteiger partial charge in [0.1, 0.15) is 0 Å². The maximum atomic E-state index is 9.11. The smallest absolute Gasteiger partial charge is 0.0637 e. The van der Waals surface area contributed by atoms with E-state index in [2.05, 4.69) is 5.32 Å². The summed E-state index contributed by atoms with van der Waals surface area (Å²) in [7, 11) is 0. The fourth-order valence-electron chi connectivity index (χ4n) is 1.35. The Kier molecular flexibility index (Phi) is 15.9. The standard InChI is InChI=1S/C13H23NO3.C2H6/c1-3-5-11(2)6-4-7-14-13(10-17)12(8-15)9-16;1-2/h3-7,12-17H,8-10H2,1-2H3;1-2H3/b5-3-,7-4+,11-6-;. The maximum Gasteiger partial charge on any atom is 0.0637 e. The molecule has 4 heteroatoms. The topological polar surface area (TPSA) is 72.7 Å². The average molecular weight is 271 g/mol. The lowest BCUT2D eigenvalue weighted by Gasteiger charge is -2.21. The van der Waals surface area contributed by atoms with Crippen molar-refractivity contribution < 1.29 is 15.3 Å². The Labute approximate surface area is 117 Å². The van der Waals surface area contributed by atoms with Crippen molar-refractivity contribution in [3.63, 3.8) is 0 Å². The van der Waals surface area contributed by atoms with Gasteiger partial charge in [-0.2, -0.15) is 0 Å². The SMILES string of the molecule is CC.C\C=C/C(C)=C\C=C\NC(CO)C(CO)CO. The van der Waals surface area contributed by atoms with Crippen molar-refractivity contribution in [1.82, 2.24) is 5.32 Å². The molecule has 0 aliphatic rings. The summed E-state index contributed by atoms with van der Waals surface area (Å²) in [5.41, 5.74) is 1.12. The molecule has 0 fully saturated rings. The van der Waals surface area contributed by atoms with E-state index in [1.807, 2.05) is 52.0 Å². The molecule has 0 radical (unpaired) electrons. The van der Waals surface area contributed by atoms with Crippen LogP contribution in [0.4, 0.5) is 0 Å². The van der Waals surface area contributed by atoms with Crippen LogP contribution in [0.15, 0.2) is 36.1 Å². The largest absolute Gasteiger partial charge is 0.396 e. The lowest BCUT2D eigenvalue weighted by molar-refractivity contribution is 0.0973. The molecule has 0 aromatic rings. The van der Waals surface area contributed by atoms with Crippen LogP contribution >= 0.6 is 0 Å². The van der Waals surface area contributed by atoms with Crippen LogP contribution in [0.1, 0.15) is 27.7 Å². The van der Waals surface area contributed by atoms with Crippen LogP contribution in [0.2, 0.25) is 0 Å². The molecule has 0 rings (SSSR count). The molecule has 0 bridgehead atoms. The quantitative estimate of drug-likeness (QED) is 0.506. The monoisotopic (exact) mass is 271 g/mol. The van der Waals surface area contributed by atoms with Crippen LogP contribution in [0, 0.1) is 5.92 Å². The third-order valence-electron chi connectivity index (χ3n) is 2.43. The first kappa shape index (κ1) is 20.2. The van der Waals surface area contributed by atoms with Crippen molar-refractivity contribution in [3.05, 3.63) is 36.1 Å². The number of aliphatic hydroxyl groups excluding tert-OH is 3. The summed E-state index contributed by atoms with van der Waals surface area (Å²) in [6, 6.07) is -0.336. The maximum absolute atomic E-state index is 9.11. The van der Waals surface area contributed by atoms with E-state index in [1.54, 1.807) is 6.20 Å². The van der Waals surface area contributed by atoms with Crippen molar-refractivity contribution in [1.29, 1.82) is 0 Å². The lowest BCUT2D eigenvalue weighted by Crippen LogP contribution is -2.39. The zero-order chi connectivity index (χ0) is 15.1. The van der Waals surface area contributed by atoms with E-state index >= 15 is 0 Å². The van der Waals surface area contributed by atoms with Crippen LogP contribution in [0.25, 0.3) is 0 Å². The van der Waals surface area contributed by atoms with Crippen molar-refractivity contribution in [3.8, 4) is 0 Å². The fourth-order valence-corrected chi connectivity index (χ4v) is 1.35. The molecular formula is C15H29NO3. The summed E-state index contributed by atoms with van der Waals surface area (Å²) in [4.78, 5) is 0. The molecule has 112 valence electrons. The summed E-state index contributed by atoms with van der Waals surface area (Å²) in [6.07, 6.45) is 9.39.